The monoisotopic (exact) mass is 342 g/mol. The molecule has 0 fully saturated rings. The molecule has 1 N–H and O–H groups in total. The Kier molecular flexibility index (Phi) is 3.70. The van der Waals surface area contributed by atoms with Crippen LogP contribution in [0, 0.1) is 0 Å². The number of thiazole rings is 1. The third-order valence-corrected chi connectivity index (χ3v) is 5.47. The van der Waals surface area contributed by atoms with Crippen LogP contribution in [0.25, 0.3) is 0 Å². The van der Waals surface area contributed by atoms with Gasteiger partial charge in [-0.05, 0) is 0 Å². The van der Waals surface area contributed by atoms with Crippen LogP contribution in [0.4, 0.5) is 5.13 Å². The largest absolute Gasteiger partial charge is 0.296 e. The number of aromatic nitrogens is 4. The lowest BCUT2D eigenvalue weighted by Gasteiger charge is -2.23. The average molecular weight is 342 g/mol. The summed E-state index contributed by atoms with van der Waals surface area (Å²) in [6.07, 6.45) is 3.24. The second-order valence-corrected chi connectivity index (χ2v) is 8.03. The molecule has 0 saturated carbocycles. The van der Waals surface area contributed by atoms with Gasteiger partial charge in [-0.1, -0.05) is 5.21 Å². The highest BCUT2D eigenvalue weighted by molar-refractivity contribution is 7.88. The smallest absolute Gasteiger partial charge is 0.279 e. The van der Waals surface area contributed by atoms with Gasteiger partial charge in [0.25, 0.3) is 5.91 Å². The van der Waals surface area contributed by atoms with Gasteiger partial charge >= 0.3 is 0 Å². The molecule has 118 valence electrons. The molecule has 2 aromatic rings. The zero-order valence-corrected chi connectivity index (χ0v) is 13.6. The molecule has 0 aliphatic carbocycles. The fourth-order valence-electron chi connectivity index (χ4n) is 2.12. The minimum absolute atomic E-state index is 0.202. The molecule has 0 unspecified atom stereocenters. The van der Waals surface area contributed by atoms with Crippen molar-refractivity contribution >= 4 is 32.4 Å². The van der Waals surface area contributed by atoms with Crippen molar-refractivity contribution in [3.8, 4) is 0 Å². The minimum Gasteiger partial charge on any atom is -0.296 e. The van der Waals surface area contributed by atoms with Crippen LogP contribution in [0.15, 0.2) is 6.20 Å². The van der Waals surface area contributed by atoms with Crippen LogP contribution in [0.5, 0.6) is 0 Å². The van der Waals surface area contributed by atoms with Gasteiger partial charge in [0.05, 0.1) is 18.1 Å². The molecule has 3 rings (SSSR count). The lowest BCUT2D eigenvalue weighted by molar-refractivity contribution is 0.102. The number of carbonyl (C=O) groups is 1. The van der Waals surface area contributed by atoms with Crippen LogP contribution in [0.1, 0.15) is 21.1 Å². The Morgan fingerprint density at radius 1 is 1.45 bits per heavy atom. The van der Waals surface area contributed by atoms with Crippen LogP contribution in [0.3, 0.4) is 0 Å². The molecular weight excluding hydrogens is 328 g/mol. The first kappa shape index (κ1) is 15.1. The quantitative estimate of drug-likeness (QED) is 0.830. The summed E-state index contributed by atoms with van der Waals surface area (Å²) in [6.45, 7) is 0.708. The Hall–Kier alpha value is -1.85. The first-order valence-electron chi connectivity index (χ1n) is 6.44. The van der Waals surface area contributed by atoms with E-state index in [1.54, 1.807) is 7.05 Å². The number of hydrogen-bond acceptors (Lipinski definition) is 7. The topological polar surface area (TPSA) is 110 Å². The van der Waals surface area contributed by atoms with Crippen LogP contribution in [-0.2, 0) is 30.0 Å². The van der Waals surface area contributed by atoms with Crippen LogP contribution in [0.2, 0.25) is 0 Å². The molecule has 1 amide bonds. The van der Waals surface area contributed by atoms with Gasteiger partial charge in [0.2, 0.25) is 10.0 Å². The maximum Gasteiger partial charge on any atom is 0.279 e. The van der Waals surface area contributed by atoms with E-state index in [2.05, 4.69) is 20.6 Å². The molecular formula is C11H14N6O3S2. The van der Waals surface area contributed by atoms with E-state index in [1.807, 2.05) is 0 Å². The number of anilines is 1. The highest BCUT2D eigenvalue weighted by atomic mass is 32.2. The Morgan fingerprint density at radius 3 is 2.86 bits per heavy atom. The normalized spacial score (nSPS) is 15.5. The third-order valence-electron chi connectivity index (χ3n) is 3.22. The van der Waals surface area contributed by atoms with Crippen molar-refractivity contribution in [2.45, 2.75) is 13.0 Å². The van der Waals surface area contributed by atoms with E-state index in [9.17, 15) is 13.2 Å². The number of carbonyl (C=O) groups excluding carboxylic acids is 1. The molecule has 0 saturated heterocycles. The number of sulfonamides is 1. The van der Waals surface area contributed by atoms with Crippen molar-refractivity contribution < 1.29 is 13.2 Å². The van der Waals surface area contributed by atoms with E-state index in [4.69, 9.17) is 0 Å². The van der Waals surface area contributed by atoms with E-state index in [0.717, 1.165) is 10.6 Å². The molecule has 11 heteroatoms. The van der Waals surface area contributed by atoms with Crippen molar-refractivity contribution in [3.05, 3.63) is 22.5 Å². The summed E-state index contributed by atoms with van der Waals surface area (Å²) in [5.41, 5.74) is 1.03. The highest BCUT2D eigenvalue weighted by Gasteiger charge is 2.26. The van der Waals surface area contributed by atoms with Gasteiger partial charge in [-0.15, -0.1) is 16.4 Å². The maximum atomic E-state index is 12.0. The van der Waals surface area contributed by atoms with Crippen molar-refractivity contribution in [2.75, 3.05) is 18.1 Å². The number of aryl methyl sites for hydroxylation is 1. The van der Waals surface area contributed by atoms with Crippen LogP contribution < -0.4 is 5.32 Å². The lowest BCUT2D eigenvalue weighted by atomic mass is 10.2. The summed E-state index contributed by atoms with van der Waals surface area (Å²) >= 11 is 1.28. The number of amides is 1. The SMILES string of the molecule is Cn1cc(C(=O)Nc2nc3c(s2)CN(S(C)(=O)=O)CC3)nn1. The number of rotatable bonds is 3. The summed E-state index contributed by atoms with van der Waals surface area (Å²) in [5, 5.41) is 10.5. The number of fused-ring (bicyclic) bond motifs is 1. The van der Waals surface area contributed by atoms with Gasteiger partial charge in [-0.2, -0.15) is 4.31 Å². The van der Waals surface area contributed by atoms with Gasteiger partial charge in [0, 0.05) is 31.4 Å². The molecule has 22 heavy (non-hydrogen) atoms. The molecule has 0 bridgehead atoms. The summed E-state index contributed by atoms with van der Waals surface area (Å²) < 4.78 is 26.0. The van der Waals surface area contributed by atoms with Crippen LogP contribution in [-0.4, -0.2) is 51.4 Å². The Labute approximate surface area is 131 Å². The maximum absolute atomic E-state index is 12.0. The number of nitrogens with one attached hydrogen (secondary N) is 1. The predicted molar refractivity (Wildman–Crippen MR) is 80.0 cm³/mol. The zero-order valence-electron chi connectivity index (χ0n) is 12.0. The van der Waals surface area contributed by atoms with Crippen molar-refractivity contribution in [3.63, 3.8) is 0 Å². The fraction of sp³-hybridized carbons (Fsp3) is 0.455. The van der Waals surface area contributed by atoms with Crippen molar-refractivity contribution in [1.82, 2.24) is 24.3 Å². The Morgan fingerprint density at radius 2 is 2.23 bits per heavy atom. The van der Waals surface area contributed by atoms with E-state index in [-0.39, 0.29) is 11.6 Å². The summed E-state index contributed by atoms with van der Waals surface area (Å²) in [7, 11) is -1.55. The highest BCUT2D eigenvalue weighted by Crippen LogP contribution is 2.29. The second-order valence-electron chi connectivity index (χ2n) is 4.97. The molecule has 9 nitrogen and oxygen atoms in total. The lowest BCUT2D eigenvalue weighted by Crippen LogP contribution is -2.34. The summed E-state index contributed by atoms with van der Waals surface area (Å²) in [5.74, 6) is -0.390. The van der Waals surface area contributed by atoms with Gasteiger partial charge < -0.3 is 0 Å². The predicted octanol–water partition coefficient (Wildman–Crippen LogP) is -0.158. The van der Waals surface area contributed by atoms with Gasteiger partial charge in [0.15, 0.2) is 10.8 Å². The zero-order chi connectivity index (χ0) is 15.9. The van der Waals surface area contributed by atoms with E-state index >= 15 is 0 Å². The molecule has 1 aliphatic heterocycles. The molecule has 3 heterocycles. The van der Waals surface area contributed by atoms with Gasteiger partial charge in [0.1, 0.15) is 0 Å². The number of hydrogen-bond donors (Lipinski definition) is 1. The van der Waals surface area contributed by atoms with Crippen LogP contribution >= 0.6 is 11.3 Å². The Bertz CT molecular complexity index is 825. The standard InChI is InChI=1S/C11H14N6O3S2/c1-16-5-8(14-15-16)10(18)13-11-12-7-3-4-17(22(2,19)20)6-9(7)21-11/h5H,3-4,6H2,1-2H3,(H,12,13,18). The fourth-order valence-corrected chi connectivity index (χ4v) is 4.01. The molecule has 0 radical (unpaired) electrons. The molecule has 1 aliphatic rings. The van der Waals surface area contributed by atoms with Gasteiger partial charge in [-0.3, -0.25) is 14.8 Å². The van der Waals surface area contributed by atoms with Crippen molar-refractivity contribution in [2.24, 2.45) is 7.05 Å². The van der Waals surface area contributed by atoms with E-state index in [0.29, 0.717) is 24.6 Å². The van der Waals surface area contributed by atoms with E-state index < -0.39 is 10.0 Å². The first-order chi connectivity index (χ1) is 10.3. The summed E-state index contributed by atoms with van der Waals surface area (Å²) in [4.78, 5) is 17.2. The average Bonchev–Trinajstić information content (AvgIpc) is 3.02. The molecule has 0 atom stereocenters. The van der Waals surface area contributed by atoms with Crippen molar-refractivity contribution in [1.29, 1.82) is 0 Å². The van der Waals surface area contributed by atoms with E-state index in [1.165, 1.54) is 32.8 Å². The molecule has 0 aromatic carbocycles. The third kappa shape index (κ3) is 3.00. The molecule has 0 spiro atoms. The summed E-state index contributed by atoms with van der Waals surface area (Å²) in [6, 6.07) is 0. The first-order valence-corrected chi connectivity index (χ1v) is 9.11. The molecule has 2 aromatic heterocycles. The Balaban J connectivity index is 1.76. The number of nitrogens with zero attached hydrogens (tertiary/aromatic N) is 5. The minimum atomic E-state index is -3.22. The second kappa shape index (κ2) is 5.41. The van der Waals surface area contributed by atoms with Gasteiger partial charge in [-0.25, -0.2) is 13.4 Å².